The highest BCUT2D eigenvalue weighted by Gasteiger charge is 2.23. The molecule has 6 heteroatoms. The van der Waals surface area contributed by atoms with Gasteiger partial charge in [-0.25, -0.2) is 15.0 Å². The zero-order valence-electron chi connectivity index (χ0n) is 30.4. The summed E-state index contributed by atoms with van der Waals surface area (Å²) < 4.78 is 15.4. The Balaban J connectivity index is 1.13. The number of fused-ring (bicyclic) bond motifs is 10. The van der Waals surface area contributed by atoms with Gasteiger partial charge in [0.1, 0.15) is 22.3 Å². The second-order valence-corrected chi connectivity index (χ2v) is 14.3. The fourth-order valence-electron chi connectivity index (χ4n) is 8.50. The van der Waals surface area contributed by atoms with Crippen molar-refractivity contribution in [2.75, 3.05) is 0 Å². The van der Waals surface area contributed by atoms with E-state index in [0.717, 1.165) is 99.2 Å². The molecule has 12 aromatic rings. The zero-order chi connectivity index (χ0) is 37.5. The quantitative estimate of drug-likeness (QED) is 0.176. The molecule has 6 nitrogen and oxygen atoms in total. The second-order valence-electron chi connectivity index (χ2n) is 14.3. The summed E-state index contributed by atoms with van der Waals surface area (Å²) in [5.41, 5.74) is 11.2. The molecule has 0 radical (unpaired) electrons. The van der Waals surface area contributed by atoms with Crippen LogP contribution in [0.1, 0.15) is 0 Å². The van der Waals surface area contributed by atoms with Crippen LogP contribution in [0.15, 0.2) is 191 Å². The Hall–Kier alpha value is -7.83. The summed E-state index contributed by atoms with van der Waals surface area (Å²) in [5, 5.41) is 6.55. The van der Waals surface area contributed by atoms with Crippen LogP contribution in [-0.2, 0) is 0 Å². The maximum absolute atomic E-state index is 6.77. The lowest BCUT2D eigenvalue weighted by atomic mass is 10.0. The third-order valence-electron chi connectivity index (χ3n) is 11.1. The molecule has 0 aliphatic rings. The highest BCUT2D eigenvalue weighted by molar-refractivity contribution is 6.25. The van der Waals surface area contributed by atoms with E-state index in [2.05, 4.69) is 120 Å². The lowest BCUT2D eigenvalue weighted by Crippen LogP contribution is -2.03. The van der Waals surface area contributed by atoms with E-state index < -0.39 is 0 Å². The van der Waals surface area contributed by atoms with Gasteiger partial charge in [-0.05, 0) is 54.1 Å². The molecule has 0 unspecified atom stereocenters. The van der Waals surface area contributed by atoms with Crippen molar-refractivity contribution in [2.24, 2.45) is 0 Å². The zero-order valence-corrected chi connectivity index (χ0v) is 30.4. The number of aromatic nitrogens is 4. The highest BCUT2D eigenvalue weighted by Crippen LogP contribution is 2.44. The lowest BCUT2D eigenvalue weighted by molar-refractivity contribution is 0.669. The Morgan fingerprint density at radius 2 is 1.00 bits per heavy atom. The summed E-state index contributed by atoms with van der Waals surface area (Å²) in [6.45, 7) is 0. The summed E-state index contributed by atoms with van der Waals surface area (Å²) in [5.74, 6) is 1.73. The molecule has 0 bridgehead atoms. The van der Waals surface area contributed by atoms with Gasteiger partial charge >= 0.3 is 0 Å². The maximum Gasteiger partial charge on any atom is 0.166 e. The number of para-hydroxylation sites is 4. The van der Waals surface area contributed by atoms with Crippen molar-refractivity contribution in [3.8, 4) is 51.0 Å². The van der Waals surface area contributed by atoms with Gasteiger partial charge in [-0.1, -0.05) is 133 Å². The van der Waals surface area contributed by atoms with Gasteiger partial charge < -0.3 is 13.4 Å². The molecule has 8 aromatic carbocycles. The lowest BCUT2D eigenvalue weighted by Gasteiger charge is -2.15. The van der Waals surface area contributed by atoms with Crippen molar-refractivity contribution >= 4 is 65.7 Å². The molecule has 0 saturated carbocycles. The summed E-state index contributed by atoms with van der Waals surface area (Å²) in [6, 6.07) is 62.5. The minimum atomic E-state index is 0.565. The van der Waals surface area contributed by atoms with E-state index in [4.69, 9.17) is 23.8 Å². The van der Waals surface area contributed by atoms with Crippen molar-refractivity contribution < 1.29 is 8.83 Å². The van der Waals surface area contributed by atoms with E-state index in [9.17, 15) is 0 Å². The van der Waals surface area contributed by atoms with Gasteiger partial charge in [0.15, 0.2) is 17.5 Å². The molecule has 0 amide bonds. The van der Waals surface area contributed by atoms with Gasteiger partial charge in [-0.3, -0.25) is 0 Å². The van der Waals surface area contributed by atoms with Gasteiger partial charge in [0.2, 0.25) is 0 Å². The molecule has 12 rings (SSSR count). The predicted molar refractivity (Wildman–Crippen MR) is 230 cm³/mol. The molecule has 0 saturated heterocycles. The summed E-state index contributed by atoms with van der Waals surface area (Å²) in [4.78, 5) is 15.5. The topological polar surface area (TPSA) is 69.9 Å². The summed E-state index contributed by atoms with van der Waals surface area (Å²) in [7, 11) is 0. The number of hydrogen-bond donors (Lipinski definition) is 0. The summed E-state index contributed by atoms with van der Waals surface area (Å²) >= 11 is 0. The monoisotopic (exact) mass is 730 g/mol. The summed E-state index contributed by atoms with van der Waals surface area (Å²) in [6.07, 6.45) is 0. The Morgan fingerprint density at radius 3 is 1.86 bits per heavy atom. The van der Waals surface area contributed by atoms with Crippen LogP contribution in [-0.4, -0.2) is 19.5 Å². The number of hydrogen-bond acceptors (Lipinski definition) is 5. The first-order valence-corrected chi connectivity index (χ1v) is 19.0. The second kappa shape index (κ2) is 12.3. The van der Waals surface area contributed by atoms with Crippen LogP contribution >= 0.6 is 0 Å². The van der Waals surface area contributed by atoms with Crippen molar-refractivity contribution in [2.45, 2.75) is 0 Å². The average Bonchev–Trinajstić information content (AvgIpc) is 3.96. The smallest absolute Gasteiger partial charge is 0.166 e. The van der Waals surface area contributed by atoms with Crippen LogP contribution in [0.2, 0.25) is 0 Å². The number of furan rings is 2. The first-order valence-electron chi connectivity index (χ1n) is 19.0. The molecular formula is C51H30N4O2. The third-order valence-corrected chi connectivity index (χ3v) is 11.1. The van der Waals surface area contributed by atoms with E-state index in [0.29, 0.717) is 17.5 Å². The van der Waals surface area contributed by atoms with Gasteiger partial charge in [-0.15, -0.1) is 0 Å². The first kappa shape index (κ1) is 31.5. The SMILES string of the molecule is c1ccc(-c2nc(-c3ccc4c(c3)oc3ccccc34)nc(-c3ccccc3-n3c4ccccc4c4ccc5oc6c(-c7ccccc7)cccc6c5c43)n2)cc1. The van der Waals surface area contributed by atoms with Crippen molar-refractivity contribution in [1.82, 2.24) is 19.5 Å². The van der Waals surface area contributed by atoms with E-state index in [1.165, 1.54) is 0 Å². The van der Waals surface area contributed by atoms with Crippen molar-refractivity contribution in [3.63, 3.8) is 0 Å². The van der Waals surface area contributed by atoms with Crippen molar-refractivity contribution in [1.29, 1.82) is 0 Å². The van der Waals surface area contributed by atoms with Gasteiger partial charge in [0.05, 0.1) is 22.1 Å². The van der Waals surface area contributed by atoms with E-state index in [1.54, 1.807) is 0 Å². The van der Waals surface area contributed by atoms with Crippen LogP contribution in [0.4, 0.5) is 0 Å². The molecule has 0 N–H and O–H groups in total. The number of nitrogens with zero attached hydrogens (tertiary/aromatic N) is 4. The van der Waals surface area contributed by atoms with Gasteiger partial charge in [0, 0.05) is 49.2 Å². The molecule has 4 heterocycles. The molecule has 266 valence electrons. The predicted octanol–water partition coefficient (Wildman–Crippen LogP) is 13.4. The Labute approximate surface area is 325 Å². The molecule has 0 atom stereocenters. The Morgan fingerprint density at radius 1 is 0.368 bits per heavy atom. The highest BCUT2D eigenvalue weighted by atomic mass is 16.3. The first-order chi connectivity index (χ1) is 28.3. The average molecular weight is 731 g/mol. The molecular weight excluding hydrogens is 701 g/mol. The van der Waals surface area contributed by atoms with E-state index in [1.807, 2.05) is 66.7 Å². The van der Waals surface area contributed by atoms with E-state index in [-0.39, 0.29) is 0 Å². The molecule has 4 aromatic heterocycles. The minimum absolute atomic E-state index is 0.565. The van der Waals surface area contributed by atoms with Crippen LogP contribution < -0.4 is 0 Å². The third kappa shape index (κ3) is 4.87. The molecule has 0 aliphatic heterocycles. The fourth-order valence-corrected chi connectivity index (χ4v) is 8.50. The Kier molecular flexibility index (Phi) is 6.83. The number of benzene rings is 8. The standard InChI is InChI=1S/C51H30N4O2/c1-3-14-31(15-4-1)34-21-13-22-40-46-44(57-48(34)40)29-28-38-35-18-7-10-23-41(35)55(47(38)46)42-24-11-8-20-39(42)51-53-49(32-16-5-2-6-17-32)52-50(54-51)33-26-27-37-36-19-9-12-25-43(36)56-45(37)30-33/h1-30H. The van der Waals surface area contributed by atoms with Gasteiger partial charge in [-0.2, -0.15) is 0 Å². The maximum atomic E-state index is 6.77. The van der Waals surface area contributed by atoms with Crippen LogP contribution in [0, 0.1) is 0 Å². The largest absolute Gasteiger partial charge is 0.456 e. The normalized spacial score (nSPS) is 11.9. The molecule has 57 heavy (non-hydrogen) atoms. The van der Waals surface area contributed by atoms with Crippen LogP contribution in [0.5, 0.6) is 0 Å². The Bertz CT molecular complexity index is 3530. The molecule has 0 aliphatic carbocycles. The number of rotatable bonds is 5. The van der Waals surface area contributed by atoms with Crippen LogP contribution in [0.3, 0.4) is 0 Å². The van der Waals surface area contributed by atoms with E-state index >= 15 is 0 Å². The fraction of sp³-hybridized carbons (Fsp3) is 0. The minimum Gasteiger partial charge on any atom is -0.456 e. The van der Waals surface area contributed by atoms with Crippen molar-refractivity contribution in [3.05, 3.63) is 182 Å². The van der Waals surface area contributed by atoms with Crippen LogP contribution in [0.25, 0.3) is 117 Å². The molecule has 0 fully saturated rings. The van der Waals surface area contributed by atoms with Gasteiger partial charge in [0.25, 0.3) is 0 Å². The molecule has 0 spiro atoms.